The molecule has 1 unspecified atom stereocenters. The van der Waals surface area contributed by atoms with Gasteiger partial charge in [0, 0.05) is 25.3 Å². The van der Waals surface area contributed by atoms with Crippen molar-refractivity contribution in [2.75, 3.05) is 19.0 Å². The molecule has 0 fully saturated rings. The van der Waals surface area contributed by atoms with Gasteiger partial charge in [-0.05, 0) is 36.8 Å². The minimum atomic E-state index is -0.928. The first-order valence-corrected chi connectivity index (χ1v) is 6.63. The summed E-state index contributed by atoms with van der Waals surface area (Å²) in [5.74, 6) is -2.63. The van der Waals surface area contributed by atoms with Gasteiger partial charge in [-0.15, -0.1) is 0 Å². The smallest absolute Gasteiger partial charge is 0.141 e. The van der Waals surface area contributed by atoms with Crippen LogP contribution in [0.5, 0.6) is 0 Å². The molecule has 4 heteroatoms. The maximum atomic E-state index is 14.0. The molecule has 2 aromatic rings. The van der Waals surface area contributed by atoms with Crippen molar-refractivity contribution < 1.29 is 13.6 Å². The van der Waals surface area contributed by atoms with Crippen LogP contribution in [0.25, 0.3) is 0 Å². The second kappa shape index (κ2) is 6.04. The number of benzene rings is 2. The van der Waals surface area contributed by atoms with E-state index in [9.17, 15) is 13.6 Å². The molecule has 2 aromatic carbocycles. The summed E-state index contributed by atoms with van der Waals surface area (Å²) in [4.78, 5) is 13.8. The molecule has 0 bridgehead atoms. The van der Waals surface area contributed by atoms with Crippen LogP contribution in [-0.2, 0) is 4.79 Å². The van der Waals surface area contributed by atoms with Gasteiger partial charge >= 0.3 is 0 Å². The number of carbonyl (C=O) groups excluding carboxylic acids is 1. The second-order valence-electron chi connectivity index (χ2n) is 5.16. The largest absolute Gasteiger partial charge is 0.378 e. The van der Waals surface area contributed by atoms with Gasteiger partial charge < -0.3 is 4.90 Å². The fraction of sp³-hybridized carbons (Fsp3) is 0.235. The molecule has 1 atom stereocenters. The number of ketones is 1. The Kier molecular flexibility index (Phi) is 4.36. The molecule has 110 valence electrons. The van der Waals surface area contributed by atoms with Crippen molar-refractivity contribution in [1.29, 1.82) is 0 Å². The van der Waals surface area contributed by atoms with E-state index in [2.05, 4.69) is 0 Å². The molecule has 0 N–H and O–H groups in total. The maximum absolute atomic E-state index is 14.0. The number of hydrogen-bond acceptors (Lipinski definition) is 2. The molecule has 0 aliphatic heterocycles. The van der Waals surface area contributed by atoms with E-state index in [0.29, 0.717) is 5.56 Å². The standard InChI is InChI=1S/C17H17F2NO/c1-11(21)16(17-14(18)5-4-6-15(17)19)12-7-9-13(10-8-12)20(2)3/h4-10,16H,1-3H3. The first-order valence-electron chi connectivity index (χ1n) is 6.63. The fourth-order valence-electron chi connectivity index (χ4n) is 2.36. The zero-order chi connectivity index (χ0) is 15.6. The molecule has 2 nitrogen and oxygen atoms in total. The Balaban J connectivity index is 2.52. The highest BCUT2D eigenvalue weighted by Gasteiger charge is 2.25. The molecule has 0 spiro atoms. The third-order valence-corrected chi connectivity index (χ3v) is 3.44. The number of halogens is 2. The van der Waals surface area contributed by atoms with Crippen molar-refractivity contribution in [1.82, 2.24) is 0 Å². The lowest BCUT2D eigenvalue weighted by molar-refractivity contribution is -0.117. The van der Waals surface area contributed by atoms with E-state index >= 15 is 0 Å². The monoisotopic (exact) mass is 289 g/mol. The van der Waals surface area contributed by atoms with Gasteiger partial charge in [-0.3, -0.25) is 4.79 Å². The second-order valence-corrected chi connectivity index (χ2v) is 5.16. The third kappa shape index (κ3) is 3.10. The molecular weight excluding hydrogens is 272 g/mol. The van der Waals surface area contributed by atoms with Crippen molar-refractivity contribution in [2.24, 2.45) is 0 Å². The van der Waals surface area contributed by atoms with Gasteiger partial charge in [-0.2, -0.15) is 0 Å². The summed E-state index contributed by atoms with van der Waals surface area (Å²) in [6.07, 6.45) is 0. The van der Waals surface area contributed by atoms with Crippen LogP contribution in [0.1, 0.15) is 24.0 Å². The van der Waals surface area contributed by atoms with Crippen LogP contribution in [0, 0.1) is 11.6 Å². The number of Topliss-reactive ketones (excluding diaryl/α,β-unsaturated/α-hetero) is 1. The molecule has 0 saturated heterocycles. The normalized spacial score (nSPS) is 12.0. The summed E-state index contributed by atoms with van der Waals surface area (Å²) in [6.45, 7) is 1.34. The molecule has 0 saturated carbocycles. The van der Waals surface area contributed by atoms with E-state index < -0.39 is 17.6 Å². The molecule has 0 radical (unpaired) electrons. The van der Waals surface area contributed by atoms with E-state index in [-0.39, 0.29) is 11.3 Å². The van der Waals surface area contributed by atoms with Crippen LogP contribution < -0.4 is 4.90 Å². The molecule has 0 amide bonds. The van der Waals surface area contributed by atoms with E-state index in [4.69, 9.17) is 0 Å². The van der Waals surface area contributed by atoms with E-state index in [1.165, 1.54) is 25.1 Å². The van der Waals surface area contributed by atoms with Crippen LogP contribution in [0.4, 0.5) is 14.5 Å². The Morgan fingerprint density at radius 2 is 1.52 bits per heavy atom. The Labute approximate surface area is 123 Å². The average molecular weight is 289 g/mol. The van der Waals surface area contributed by atoms with E-state index in [1.54, 1.807) is 12.1 Å². The van der Waals surface area contributed by atoms with Gasteiger partial charge in [0.1, 0.15) is 17.4 Å². The molecule has 0 aliphatic rings. The van der Waals surface area contributed by atoms with Crippen molar-refractivity contribution in [3.05, 3.63) is 65.2 Å². The van der Waals surface area contributed by atoms with Crippen LogP contribution >= 0.6 is 0 Å². The summed E-state index contributed by atoms with van der Waals surface area (Å²) in [7, 11) is 3.79. The lowest BCUT2D eigenvalue weighted by atomic mass is 9.87. The highest BCUT2D eigenvalue weighted by molar-refractivity contribution is 5.87. The Morgan fingerprint density at radius 1 is 1.00 bits per heavy atom. The zero-order valence-electron chi connectivity index (χ0n) is 12.2. The summed E-state index contributed by atoms with van der Waals surface area (Å²) in [5.41, 5.74) is 1.34. The van der Waals surface area contributed by atoms with E-state index in [1.807, 2.05) is 31.1 Å². The van der Waals surface area contributed by atoms with Crippen LogP contribution in [0.2, 0.25) is 0 Å². The summed E-state index contributed by atoms with van der Waals surface area (Å²) in [5, 5.41) is 0. The lowest BCUT2D eigenvalue weighted by Gasteiger charge is -2.18. The highest BCUT2D eigenvalue weighted by atomic mass is 19.1. The molecule has 0 aliphatic carbocycles. The minimum absolute atomic E-state index is 0.192. The number of carbonyl (C=O) groups is 1. The van der Waals surface area contributed by atoms with Crippen LogP contribution in [-0.4, -0.2) is 19.9 Å². The fourth-order valence-corrected chi connectivity index (χ4v) is 2.36. The van der Waals surface area contributed by atoms with Crippen molar-refractivity contribution in [2.45, 2.75) is 12.8 Å². The van der Waals surface area contributed by atoms with Crippen LogP contribution in [0.15, 0.2) is 42.5 Å². The summed E-state index contributed by atoms with van der Waals surface area (Å²) in [6, 6.07) is 10.7. The topological polar surface area (TPSA) is 20.3 Å². The Hall–Kier alpha value is -2.23. The lowest BCUT2D eigenvalue weighted by Crippen LogP contribution is -2.15. The van der Waals surface area contributed by atoms with Gasteiger partial charge in [0.25, 0.3) is 0 Å². The van der Waals surface area contributed by atoms with Crippen LogP contribution in [0.3, 0.4) is 0 Å². The summed E-state index contributed by atoms with van der Waals surface area (Å²) < 4.78 is 27.9. The van der Waals surface area contributed by atoms with Gasteiger partial charge in [-0.25, -0.2) is 8.78 Å². The van der Waals surface area contributed by atoms with E-state index in [0.717, 1.165) is 5.69 Å². The molecule has 21 heavy (non-hydrogen) atoms. The molecule has 2 rings (SSSR count). The van der Waals surface area contributed by atoms with Gasteiger partial charge in [0.05, 0.1) is 5.92 Å². The molecular formula is C17H17F2NO. The zero-order valence-corrected chi connectivity index (χ0v) is 12.2. The average Bonchev–Trinajstić information content (AvgIpc) is 2.42. The Bertz CT molecular complexity index is 630. The molecule has 0 aromatic heterocycles. The number of rotatable bonds is 4. The number of nitrogens with zero attached hydrogens (tertiary/aromatic N) is 1. The minimum Gasteiger partial charge on any atom is -0.378 e. The SMILES string of the molecule is CC(=O)C(c1ccc(N(C)C)cc1)c1c(F)cccc1F. The van der Waals surface area contributed by atoms with Crippen molar-refractivity contribution in [3.8, 4) is 0 Å². The quantitative estimate of drug-likeness (QED) is 0.854. The first-order chi connectivity index (χ1) is 9.91. The highest BCUT2D eigenvalue weighted by Crippen LogP contribution is 2.30. The van der Waals surface area contributed by atoms with Gasteiger partial charge in [0.15, 0.2) is 0 Å². The Morgan fingerprint density at radius 3 is 1.95 bits per heavy atom. The van der Waals surface area contributed by atoms with Gasteiger partial charge in [-0.1, -0.05) is 18.2 Å². The maximum Gasteiger partial charge on any atom is 0.141 e. The predicted molar refractivity (Wildman–Crippen MR) is 79.7 cm³/mol. The third-order valence-electron chi connectivity index (χ3n) is 3.44. The predicted octanol–water partition coefficient (Wildman–Crippen LogP) is 3.75. The van der Waals surface area contributed by atoms with Crippen molar-refractivity contribution in [3.63, 3.8) is 0 Å². The first kappa shape index (κ1) is 15.2. The summed E-state index contributed by atoms with van der Waals surface area (Å²) >= 11 is 0. The van der Waals surface area contributed by atoms with Crippen molar-refractivity contribution >= 4 is 11.5 Å². The number of anilines is 1. The molecule has 0 heterocycles. The number of hydrogen-bond donors (Lipinski definition) is 0. The van der Waals surface area contributed by atoms with Gasteiger partial charge in [0.2, 0.25) is 0 Å².